The Balaban J connectivity index is 1.54. The zero-order valence-corrected chi connectivity index (χ0v) is 12.6. The number of nitrogens with zero attached hydrogens (tertiary/aromatic N) is 1. The van der Waals surface area contributed by atoms with Crippen LogP contribution in [0, 0.1) is 0 Å². The number of carbonyl (C=O) groups is 1. The molecule has 0 aliphatic carbocycles. The lowest BCUT2D eigenvalue weighted by Gasteiger charge is -2.29. The SMILES string of the molecule is O=C(CCc1ccc(-c2ccccc2)o1)N1CCC(O)CC1. The minimum absolute atomic E-state index is 0.143. The first-order valence-corrected chi connectivity index (χ1v) is 7.82. The highest BCUT2D eigenvalue weighted by molar-refractivity contribution is 5.76. The topological polar surface area (TPSA) is 53.7 Å². The van der Waals surface area contributed by atoms with Crippen LogP contribution in [0.4, 0.5) is 0 Å². The second kappa shape index (κ2) is 6.79. The molecule has 2 aromatic rings. The second-order valence-electron chi connectivity index (χ2n) is 5.74. The summed E-state index contributed by atoms with van der Waals surface area (Å²) < 4.78 is 5.81. The molecule has 1 N–H and O–H groups in total. The fourth-order valence-electron chi connectivity index (χ4n) is 2.77. The number of rotatable bonds is 4. The molecule has 1 aliphatic rings. The van der Waals surface area contributed by atoms with E-state index in [1.807, 2.05) is 47.4 Å². The fourth-order valence-corrected chi connectivity index (χ4v) is 2.77. The third kappa shape index (κ3) is 3.57. The van der Waals surface area contributed by atoms with Crippen molar-refractivity contribution in [2.75, 3.05) is 13.1 Å². The van der Waals surface area contributed by atoms with Gasteiger partial charge in [0.15, 0.2) is 0 Å². The average molecular weight is 299 g/mol. The molecule has 116 valence electrons. The van der Waals surface area contributed by atoms with Crippen LogP contribution in [0.2, 0.25) is 0 Å². The molecule has 0 radical (unpaired) electrons. The molecule has 3 rings (SSSR count). The predicted molar refractivity (Wildman–Crippen MR) is 84.3 cm³/mol. The minimum Gasteiger partial charge on any atom is -0.461 e. The number of benzene rings is 1. The maximum Gasteiger partial charge on any atom is 0.223 e. The van der Waals surface area contributed by atoms with Crippen LogP contribution in [0.15, 0.2) is 46.9 Å². The Labute approximate surface area is 130 Å². The Morgan fingerprint density at radius 3 is 2.59 bits per heavy atom. The molecular formula is C18H21NO3. The summed E-state index contributed by atoms with van der Waals surface area (Å²) in [5, 5.41) is 9.47. The maximum atomic E-state index is 12.2. The lowest BCUT2D eigenvalue weighted by molar-refractivity contribution is -0.133. The van der Waals surface area contributed by atoms with E-state index in [1.165, 1.54) is 0 Å². The monoisotopic (exact) mass is 299 g/mol. The smallest absolute Gasteiger partial charge is 0.223 e. The molecular weight excluding hydrogens is 278 g/mol. The van der Waals surface area contributed by atoms with Crippen LogP contribution in [0.5, 0.6) is 0 Å². The van der Waals surface area contributed by atoms with E-state index in [0.717, 1.165) is 17.1 Å². The van der Waals surface area contributed by atoms with Gasteiger partial charge in [-0.3, -0.25) is 4.79 Å². The van der Waals surface area contributed by atoms with Gasteiger partial charge in [-0.15, -0.1) is 0 Å². The Morgan fingerprint density at radius 1 is 1.14 bits per heavy atom. The van der Waals surface area contributed by atoms with Crippen molar-refractivity contribution >= 4 is 5.91 Å². The van der Waals surface area contributed by atoms with Crippen molar-refractivity contribution in [3.8, 4) is 11.3 Å². The van der Waals surface area contributed by atoms with E-state index in [0.29, 0.717) is 38.8 Å². The first kappa shape index (κ1) is 14.9. The highest BCUT2D eigenvalue weighted by atomic mass is 16.3. The number of furan rings is 1. The molecule has 1 aliphatic heterocycles. The lowest BCUT2D eigenvalue weighted by Crippen LogP contribution is -2.40. The number of amides is 1. The van der Waals surface area contributed by atoms with Crippen molar-refractivity contribution in [1.29, 1.82) is 0 Å². The van der Waals surface area contributed by atoms with Crippen molar-refractivity contribution in [2.24, 2.45) is 0 Å². The van der Waals surface area contributed by atoms with Crippen molar-refractivity contribution in [3.05, 3.63) is 48.2 Å². The molecule has 1 saturated heterocycles. The fraction of sp³-hybridized carbons (Fsp3) is 0.389. The van der Waals surface area contributed by atoms with Crippen molar-refractivity contribution in [1.82, 2.24) is 4.90 Å². The number of carbonyl (C=O) groups excluding carboxylic acids is 1. The van der Waals surface area contributed by atoms with Crippen molar-refractivity contribution < 1.29 is 14.3 Å². The summed E-state index contributed by atoms with van der Waals surface area (Å²) in [4.78, 5) is 14.0. The van der Waals surface area contributed by atoms with Crippen LogP contribution in [0.1, 0.15) is 25.0 Å². The number of aliphatic hydroxyl groups excluding tert-OH is 1. The average Bonchev–Trinajstić information content (AvgIpc) is 3.03. The molecule has 4 nitrogen and oxygen atoms in total. The van der Waals surface area contributed by atoms with Crippen LogP contribution >= 0.6 is 0 Å². The van der Waals surface area contributed by atoms with E-state index in [2.05, 4.69) is 0 Å². The quantitative estimate of drug-likeness (QED) is 0.944. The largest absolute Gasteiger partial charge is 0.461 e. The molecule has 0 spiro atoms. The van der Waals surface area contributed by atoms with Gasteiger partial charge >= 0.3 is 0 Å². The third-order valence-electron chi connectivity index (χ3n) is 4.12. The molecule has 22 heavy (non-hydrogen) atoms. The normalized spacial score (nSPS) is 16.0. The van der Waals surface area contributed by atoms with E-state index < -0.39 is 0 Å². The number of hydrogen-bond donors (Lipinski definition) is 1. The number of aliphatic hydroxyl groups is 1. The lowest BCUT2D eigenvalue weighted by atomic mass is 10.1. The first-order chi connectivity index (χ1) is 10.7. The van der Waals surface area contributed by atoms with Gasteiger partial charge in [0.05, 0.1) is 6.10 Å². The summed E-state index contributed by atoms with van der Waals surface area (Å²) >= 11 is 0. The summed E-state index contributed by atoms with van der Waals surface area (Å²) in [6, 6.07) is 13.8. The van der Waals surface area contributed by atoms with Crippen molar-refractivity contribution in [2.45, 2.75) is 31.8 Å². The number of aryl methyl sites for hydroxylation is 1. The molecule has 0 bridgehead atoms. The van der Waals surface area contributed by atoms with Gasteiger partial charge in [-0.05, 0) is 25.0 Å². The number of likely N-dealkylation sites (tertiary alicyclic amines) is 1. The Morgan fingerprint density at radius 2 is 1.86 bits per heavy atom. The van der Waals surface area contributed by atoms with E-state index in [9.17, 15) is 9.90 Å². The van der Waals surface area contributed by atoms with Gasteiger partial charge in [-0.2, -0.15) is 0 Å². The Bertz CT molecular complexity index is 612. The van der Waals surface area contributed by atoms with Crippen LogP contribution in [0.25, 0.3) is 11.3 Å². The molecule has 1 aromatic heterocycles. The summed E-state index contributed by atoms with van der Waals surface area (Å²) in [6.07, 6.45) is 2.19. The molecule has 0 atom stereocenters. The number of hydrogen-bond acceptors (Lipinski definition) is 3. The first-order valence-electron chi connectivity index (χ1n) is 7.82. The molecule has 4 heteroatoms. The van der Waals surface area contributed by atoms with E-state index in [-0.39, 0.29) is 12.0 Å². The van der Waals surface area contributed by atoms with Crippen LogP contribution in [0.3, 0.4) is 0 Å². The molecule has 0 unspecified atom stereocenters. The Hall–Kier alpha value is -2.07. The van der Waals surface area contributed by atoms with Gasteiger partial charge in [0.1, 0.15) is 11.5 Å². The zero-order valence-electron chi connectivity index (χ0n) is 12.6. The van der Waals surface area contributed by atoms with Crippen LogP contribution < -0.4 is 0 Å². The number of piperidine rings is 1. The van der Waals surface area contributed by atoms with Gasteiger partial charge < -0.3 is 14.4 Å². The summed E-state index contributed by atoms with van der Waals surface area (Å²) in [7, 11) is 0. The van der Waals surface area contributed by atoms with Gasteiger partial charge in [-0.25, -0.2) is 0 Å². The maximum absolute atomic E-state index is 12.2. The van der Waals surface area contributed by atoms with Crippen LogP contribution in [-0.4, -0.2) is 35.1 Å². The van der Waals surface area contributed by atoms with Crippen molar-refractivity contribution in [3.63, 3.8) is 0 Å². The second-order valence-corrected chi connectivity index (χ2v) is 5.74. The summed E-state index contributed by atoms with van der Waals surface area (Å²) in [6.45, 7) is 1.32. The van der Waals surface area contributed by atoms with E-state index in [1.54, 1.807) is 0 Å². The van der Waals surface area contributed by atoms with Gasteiger partial charge in [0.2, 0.25) is 5.91 Å². The highest BCUT2D eigenvalue weighted by Crippen LogP contribution is 2.22. The Kier molecular flexibility index (Phi) is 4.59. The third-order valence-corrected chi connectivity index (χ3v) is 4.12. The standard InChI is InChI=1S/C18H21NO3/c20-15-10-12-19(13-11-15)18(21)9-7-16-6-8-17(22-16)14-4-2-1-3-5-14/h1-6,8,15,20H,7,9-13H2. The molecule has 1 amide bonds. The van der Waals surface area contributed by atoms with Gasteiger partial charge in [-0.1, -0.05) is 30.3 Å². The van der Waals surface area contributed by atoms with Crippen LogP contribution in [-0.2, 0) is 11.2 Å². The molecule has 2 heterocycles. The summed E-state index contributed by atoms with van der Waals surface area (Å²) in [5.74, 6) is 1.82. The van der Waals surface area contributed by atoms with Gasteiger partial charge in [0.25, 0.3) is 0 Å². The molecule has 1 aromatic carbocycles. The minimum atomic E-state index is -0.248. The molecule has 1 fully saturated rings. The van der Waals surface area contributed by atoms with Gasteiger partial charge in [0, 0.05) is 31.5 Å². The summed E-state index contributed by atoms with van der Waals surface area (Å²) in [5.41, 5.74) is 1.05. The van der Waals surface area contributed by atoms with E-state index >= 15 is 0 Å². The highest BCUT2D eigenvalue weighted by Gasteiger charge is 2.21. The van der Waals surface area contributed by atoms with E-state index in [4.69, 9.17) is 4.42 Å². The molecule has 0 saturated carbocycles. The predicted octanol–water partition coefficient (Wildman–Crippen LogP) is 2.86. The zero-order chi connectivity index (χ0) is 15.4.